The van der Waals surface area contributed by atoms with E-state index in [0.29, 0.717) is 11.3 Å². The molecule has 1 aromatic rings. The molecule has 1 heterocycles. The van der Waals surface area contributed by atoms with Crippen LogP contribution >= 0.6 is 11.8 Å². The van der Waals surface area contributed by atoms with Crippen molar-refractivity contribution in [2.24, 2.45) is 0 Å². The van der Waals surface area contributed by atoms with Crippen molar-refractivity contribution in [1.82, 2.24) is 5.32 Å². The standard InChI is InChI=1S/C12H17NS/c1-4-10-12(13-3)9-7-8(2)5-6-11(9)14-10/h5-7,10,12-13H,4H2,1-3H3. The largest absolute Gasteiger partial charge is 0.312 e. The topological polar surface area (TPSA) is 12.0 Å². The molecule has 1 nitrogen and oxygen atoms in total. The van der Waals surface area contributed by atoms with Crippen LogP contribution in [-0.2, 0) is 0 Å². The van der Waals surface area contributed by atoms with Gasteiger partial charge in [-0.15, -0.1) is 11.8 Å². The van der Waals surface area contributed by atoms with E-state index in [1.54, 1.807) is 0 Å². The Balaban J connectivity index is 2.38. The summed E-state index contributed by atoms with van der Waals surface area (Å²) in [5.41, 5.74) is 2.85. The molecule has 2 heteroatoms. The molecule has 2 unspecified atom stereocenters. The van der Waals surface area contributed by atoms with Gasteiger partial charge >= 0.3 is 0 Å². The fraction of sp³-hybridized carbons (Fsp3) is 0.500. The molecule has 0 aromatic heterocycles. The summed E-state index contributed by atoms with van der Waals surface area (Å²) in [6.07, 6.45) is 1.23. The molecule has 14 heavy (non-hydrogen) atoms. The first kappa shape index (κ1) is 10.1. The van der Waals surface area contributed by atoms with Gasteiger partial charge in [0.1, 0.15) is 0 Å². The van der Waals surface area contributed by atoms with Gasteiger partial charge in [-0.3, -0.25) is 0 Å². The van der Waals surface area contributed by atoms with Gasteiger partial charge in [-0.2, -0.15) is 0 Å². The quantitative estimate of drug-likeness (QED) is 0.799. The highest BCUT2D eigenvalue weighted by molar-refractivity contribution is 8.00. The summed E-state index contributed by atoms with van der Waals surface area (Å²) >= 11 is 2.02. The van der Waals surface area contributed by atoms with E-state index in [4.69, 9.17) is 0 Å². The zero-order valence-corrected chi connectivity index (χ0v) is 9.82. The number of hydrogen-bond acceptors (Lipinski definition) is 2. The first-order valence-electron chi connectivity index (χ1n) is 5.20. The van der Waals surface area contributed by atoms with Gasteiger partial charge in [0.15, 0.2) is 0 Å². The van der Waals surface area contributed by atoms with Crippen LogP contribution in [0.3, 0.4) is 0 Å². The van der Waals surface area contributed by atoms with Gasteiger partial charge in [0, 0.05) is 16.2 Å². The molecular weight excluding hydrogens is 190 g/mol. The van der Waals surface area contributed by atoms with E-state index in [1.165, 1.54) is 22.4 Å². The highest BCUT2D eigenvalue weighted by atomic mass is 32.2. The van der Waals surface area contributed by atoms with Gasteiger partial charge in [0.2, 0.25) is 0 Å². The molecule has 1 aliphatic rings. The second-order valence-electron chi connectivity index (χ2n) is 3.87. The smallest absolute Gasteiger partial charge is 0.0452 e. The number of aryl methyl sites for hydroxylation is 1. The van der Waals surface area contributed by atoms with E-state index in [0.717, 1.165) is 0 Å². The Morgan fingerprint density at radius 1 is 1.43 bits per heavy atom. The first-order valence-corrected chi connectivity index (χ1v) is 6.08. The van der Waals surface area contributed by atoms with Gasteiger partial charge in [0.25, 0.3) is 0 Å². The third-order valence-corrected chi connectivity index (χ3v) is 4.40. The number of rotatable bonds is 2. The molecule has 0 saturated carbocycles. The van der Waals surface area contributed by atoms with E-state index in [-0.39, 0.29) is 0 Å². The molecule has 0 fully saturated rings. The van der Waals surface area contributed by atoms with Crippen molar-refractivity contribution < 1.29 is 0 Å². The molecule has 0 amide bonds. The molecule has 0 saturated heterocycles. The minimum absolute atomic E-state index is 0.542. The fourth-order valence-electron chi connectivity index (χ4n) is 2.11. The van der Waals surface area contributed by atoms with E-state index < -0.39 is 0 Å². The number of fused-ring (bicyclic) bond motifs is 1. The Bertz CT molecular complexity index is 335. The van der Waals surface area contributed by atoms with Crippen LogP contribution in [0.1, 0.15) is 30.5 Å². The third-order valence-electron chi connectivity index (χ3n) is 2.86. The lowest BCUT2D eigenvalue weighted by atomic mass is 10.0. The molecule has 1 aliphatic heterocycles. The Hall–Kier alpha value is -0.470. The third kappa shape index (κ3) is 1.57. The van der Waals surface area contributed by atoms with Crippen LogP contribution < -0.4 is 5.32 Å². The second-order valence-corrected chi connectivity index (χ2v) is 5.15. The molecule has 0 radical (unpaired) electrons. The lowest BCUT2D eigenvalue weighted by Crippen LogP contribution is -2.22. The molecule has 0 bridgehead atoms. The second kappa shape index (κ2) is 3.95. The van der Waals surface area contributed by atoms with Crippen LogP contribution in [0.4, 0.5) is 0 Å². The monoisotopic (exact) mass is 207 g/mol. The molecule has 1 N–H and O–H groups in total. The average molecular weight is 207 g/mol. The highest BCUT2D eigenvalue weighted by Crippen LogP contribution is 2.45. The predicted octanol–water partition coefficient (Wildman–Crippen LogP) is 3.14. The predicted molar refractivity (Wildman–Crippen MR) is 62.9 cm³/mol. The lowest BCUT2D eigenvalue weighted by Gasteiger charge is -2.17. The SMILES string of the molecule is CCC1Sc2ccc(C)cc2C1NC. The van der Waals surface area contributed by atoms with Crippen molar-refractivity contribution in [2.75, 3.05) is 7.05 Å². The Morgan fingerprint density at radius 2 is 2.21 bits per heavy atom. The van der Waals surface area contributed by atoms with Crippen LogP contribution in [0.2, 0.25) is 0 Å². The van der Waals surface area contributed by atoms with Crippen LogP contribution in [0.15, 0.2) is 23.1 Å². The average Bonchev–Trinajstić information content (AvgIpc) is 2.54. The van der Waals surface area contributed by atoms with Crippen LogP contribution in [0.25, 0.3) is 0 Å². The maximum atomic E-state index is 3.43. The number of thioether (sulfide) groups is 1. The normalized spacial score (nSPS) is 25.1. The van der Waals surface area contributed by atoms with Crippen LogP contribution in [-0.4, -0.2) is 12.3 Å². The summed E-state index contributed by atoms with van der Waals surface area (Å²) in [4.78, 5) is 1.46. The Morgan fingerprint density at radius 3 is 2.86 bits per heavy atom. The zero-order valence-electron chi connectivity index (χ0n) is 9.00. The van der Waals surface area contributed by atoms with Crippen molar-refractivity contribution >= 4 is 11.8 Å². The number of hydrogen-bond donors (Lipinski definition) is 1. The fourth-order valence-corrected chi connectivity index (χ4v) is 3.49. The van der Waals surface area contributed by atoms with Gasteiger partial charge < -0.3 is 5.32 Å². The van der Waals surface area contributed by atoms with Gasteiger partial charge in [-0.1, -0.05) is 24.6 Å². The highest BCUT2D eigenvalue weighted by Gasteiger charge is 2.30. The molecule has 76 valence electrons. The zero-order chi connectivity index (χ0) is 10.1. The van der Waals surface area contributed by atoms with Crippen molar-refractivity contribution in [3.8, 4) is 0 Å². The summed E-state index contributed by atoms with van der Waals surface area (Å²) < 4.78 is 0. The summed E-state index contributed by atoms with van der Waals surface area (Å²) in [5, 5.41) is 4.13. The van der Waals surface area contributed by atoms with Crippen molar-refractivity contribution in [3.63, 3.8) is 0 Å². The van der Waals surface area contributed by atoms with E-state index in [2.05, 4.69) is 44.4 Å². The summed E-state index contributed by atoms with van der Waals surface area (Å²) in [5.74, 6) is 0. The van der Waals surface area contributed by atoms with E-state index in [9.17, 15) is 0 Å². The molecule has 0 aliphatic carbocycles. The van der Waals surface area contributed by atoms with Crippen LogP contribution in [0.5, 0.6) is 0 Å². The molecule has 1 aromatic carbocycles. The molecule has 2 atom stereocenters. The molecule has 0 spiro atoms. The number of nitrogens with one attached hydrogen (secondary N) is 1. The maximum absolute atomic E-state index is 3.43. The van der Waals surface area contributed by atoms with Crippen molar-refractivity contribution in [1.29, 1.82) is 0 Å². The van der Waals surface area contributed by atoms with E-state index in [1.807, 2.05) is 11.8 Å². The Kier molecular flexibility index (Phi) is 2.84. The van der Waals surface area contributed by atoms with Crippen molar-refractivity contribution in [3.05, 3.63) is 29.3 Å². The summed E-state index contributed by atoms with van der Waals surface area (Å²) in [7, 11) is 2.06. The van der Waals surface area contributed by atoms with Crippen molar-refractivity contribution in [2.45, 2.75) is 36.5 Å². The number of benzene rings is 1. The van der Waals surface area contributed by atoms with Gasteiger partial charge in [0.05, 0.1) is 0 Å². The Labute approximate surface area is 90.3 Å². The molecule has 2 rings (SSSR count). The van der Waals surface area contributed by atoms with Crippen LogP contribution in [0, 0.1) is 6.92 Å². The van der Waals surface area contributed by atoms with Gasteiger partial charge in [-0.25, -0.2) is 0 Å². The summed E-state index contributed by atoms with van der Waals surface area (Å²) in [6, 6.07) is 7.32. The lowest BCUT2D eigenvalue weighted by molar-refractivity contribution is 0.562. The summed E-state index contributed by atoms with van der Waals surface area (Å²) in [6.45, 7) is 4.43. The minimum Gasteiger partial charge on any atom is -0.312 e. The first-order chi connectivity index (χ1) is 6.76. The maximum Gasteiger partial charge on any atom is 0.0452 e. The minimum atomic E-state index is 0.542. The molecular formula is C12H17NS. The van der Waals surface area contributed by atoms with Gasteiger partial charge in [-0.05, 0) is 32.0 Å². The van der Waals surface area contributed by atoms with E-state index >= 15 is 0 Å².